The average molecular weight is 256 g/mol. The Hall–Kier alpha value is -0.610. The van der Waals surface area contributed by atoms with Gasteiger partial charge in [-0.1, -0.05) is 20.3 Å². The predicted molar refractivity (Wildman–Crippen MR) is 73.2 cm³/mol. The van der Waals surface area contributed by atoms with E-state index in [1.165, 1.54) is 0 Å². The first kappa shape index (κ1) is 15.4. The molecule has 2 atom stereocenters. The quantitative estimate of drug-likeness (QED) is 0.786. The highest BCUT2D eigenvalue weighted by Crippen LogP contribution is 2.19. The van der Waals surface area contributed by atoms with Crippen molar-refractivity contribution in [1.29, 1.82) is 0 Å². The Balaban J connectivity index is 2.30. The number of nitrogens with zero attached hydrogens (tertiary/aromatic N) is 1. The van der Waals surface area contributed by atoms with Gasteiger partial charge in [0.2, 0.25) is 5.91 Å². The SMILES string of the molecule is CCC(C)C(N)C(=O)N(C)CCC1CCOCC1. The summed E-state index contributed by atoms with van der Waals surface area (Å²) in [4.78, 5) is 13.9. The standard InChI is InChI=1S/C14H28N2O2/c1-4-11(2)13(15)14(17)16(3)8-5-12-6-9-18-10-7-12/h11-13H,4-10,15H2,1-3H3. The van der Waals surface area contributed by atoms with E-state index in [0.29, 0.717) is 5.92 Å². The zero-order valence-corrected chi connectivity index (χ0v) is 12.0. The van der Waals surface area contributed by atoms with Gasteiger partial charge in [-0.3, -0.25) is 4.79 Å². The molecule has 2 N–H and O–H groups in total. The van der Waals surface area contributed by atoms with E-state index in [2.05, 4.69) is 6.92 Å². The van der Waals surface area contributed by atoms with Gasteiger partial charge >= 0.3 is 0 Å². The van der Waals surface area contributed by atoms with E-state index in [1.807, 2.05) is 14.0 Å². The summed E-state index contributed by atoms with van der Waals surface area (Å²) in [7, 11) is 1.86. The molecular weight excluding hydrogens is 228 g/mol. The Morgan fingerprint density at radius 1 is 1.44 bits per heavy atom. The van der Waals surface area contributed by atoms with Crippen LogP contribution >= 0.6 is 0 Å². The third-order valence-corrected chi connectivity index (χ3v) is 4.13. The molecular formula is C14H28N2O2. The molecule has 0 aliphatic carbocycles. The van der Waals surface area contributed by atoms with Crippen LogP contribution in [0.1, 0.15) is 39.5 Å². The number of amides is 1. The Kier molecular flexibility index (Phi) is 6.65. The number of likely N-dealkylation sites (N-methyl/N-ethyl adjacent to an activating group) is 1. The molecule has 0 aromatic carbocycles. The Morgan fingerprint density at radius 3 is 2.61 bits per heavy atom. The summed E-state index contributed by atoms with van der Waals surface area (Å²) >= 11 is 0. The van der Waals surface area contributed by atoms with E-state index in [9.17, 15) is 4.79 Å². The maximum Gasteiger partial charge on any atom is 0.239 e. The predicted octanol–water partition coefficient (Wildman–Crippen LogP) is 1.63. The van der Waals surface area contributed by atoms with E-state index in [1.54, 1.807) is 4.90 Å². The largest absolute Gasteiger partial charge is 0.381 e. The molecule has 4 nitrogen and oxygen atoms in total. The fourth-order valence-electron chi connectivity index (χ4n) is 2.27. The fraction of sp³-hybridized carbons (Fsp3) is 0.929. The Morgan fingerprint density at radius 2 is 2.06 bits per heavy atom. The number of ether oxygens (including phenoxy) is 1. The van der Waals surface area contributed by atoms with E-state index in [-0.39, 0.29) is 17.9 Å². The van der Waals surface area contributed by atoms with Crippen molar-refractivity contribution in [3.63, 3.8) is 0 Å². The average Bonchev–Trinajstić information content (AvgIpc) is 2.43. The van der Waals surface area contributed by atoms with Gasteiger partial charge in [0.1, 0.15) is 0 Å². The molecule has 2 unspecified atom stereocenters. The van der Waals surface area contributed by atoms with Crippen LogP contribution in [0.4, 0.5) is 0 Å². The summed E-state index contributed by atoms with van der Waals surface area (Å²) < 4.78 is 5.34. The molecule has 106 valence electrons. The zero-order chi connectivity index (χ0) is 13.5. The molecule has 1 amide bonds. The third-order valence-electron chi connectivity index (χ3n) is 4.13. The number of carbonyl (C=O) groups excluding carboxylic acids is 1. The second-order valence-electron chi connectivity index (χ2n) is 5.52. The van der Waals surface area contributed by atoms with Gasteiger partial charge in [-0.25, -0.2) is 0 Å². The van der Waals surface area contributed by atoms with Gasteiger partial charge in [0, 0.05) is 26.8 Å². The lowest BCUT2D eigenvalue weighted by Crippen LogP contribution is -2.46. The minimum Gasteiger partial charge on any atom is -0.381 e. The smallest absolute Gasteiger partial charge is 0.239 e. The van der Waals surface area contributed by atoms with Gasteiger partial charge < -0.3 is 15.4 Å². The van der Waals surface area contributed by atoms with Crippen molar-refractivity contribution in [2.45, 2.75) is 45.6 Å². The summed E-state index contributed by atoms with van der Waals surface area (Å²) in [6.45, 7) is 6.66. The van der Waals surface area contributed by atoms with Crippen LogP contribution in [0.25, 0.3) is 0 Å². The van der Waals surface area contributed by atoms with Gasteiger partial charge in [-0.15, -0.1) is 0 Å². The maximum absolute atomic E-state index is 12.1. The van der Waals surface area contributed by atoms with Crippen LogP contribution in [-0.4, -0.2) is 43.7 Å². The summed E-state index contributed by atoms with van der Waals surface area (Å²) in [6.07, 6.45) is 4.26. The van der Waals surface area contributed by atoms with Crippen LogP contribution in [0, 0.1) is 11.8 Å². The topological polar surface area (TPSA) is 55.6 Å². The lowest BCUT2D eigenvalue weighted by molar-refractivity contribution is -0.132. The highest BCUT2D eigenvalue weighted by molar-refractivity contribution is 5.81. The van der Waals surface area contributed by atoms with Gasteiger partial charge in [0.15, 0.2) is 0 Å². The minimum absolute atomic E-state index is 0.0800. The van der Waals surface area contributed by atoms with Crippen LogP contribution in [0.5, 0.6) is 0 Å². The molecule has 0 aromatic heterocycles. The molecule has 0 spiro atoms. The van der Waals surface area contributed by atoms with Crippen LogP contribution in [0.15, 0.2) is 0 Å². The van der Waals surface area contributed by atoms with Crippen molar-refractivity contribution in [1.82, 2.24) is 4.90 Å². The van der Waals surface area contributed by atoms with E-state index in [0.717, 1.165) is 45.4 Å². The molecule has 0 aromatic rings. The van der Waals surface area contributed by atoms with Crippen molar-refractivity contribution >= 4 is 5.91 Å². The van der Waals surface area contributed by atoms with Crippen molar-refractivity contribution in [2.75, 3.05) is 26.8 Å². The molecule has 1 fully saturated rings. The van der Waals surface area contributed by atoms with Crippen molar-refractivity contribution in [3.8, 4) is 0 Å². The van der Waals surface area contributed by atoms with Gasteiger partial charge in [-0.2, -0.15) is 0 Å². The Labute approximate surface area is 111 Å². The fourth-order valence-corrected chi connectivity index (χ4v) is 2.27. The first-order chi connectivity index (χ1) is 8.56. The number of nitrogens with two attached hydrogens (primary N) is 1. The number of hydrogen-bond acceptors (Lipinski definition) is 3. The minimum atomic E-state index is -0.352. The second-order valence-corrected chi connectivity index (χ2v) is 5.52. The summed E-state index contributed by atoms with van der Waals surface area (Å²) in [5.74, 6) is 1.04. The van der Waals surface area contributed by atoms with Crippen molar-refractivity contribution in [2.24, 2.45) is 17.6 Å². The van der Waals surface area contributed by atoms with Crippen molar-refractivity contribution in [3.05, 3.63) is 0 Å². The molecule has 1 aliphatic rings. The van der Waals surface area contributed by atoms with Crippen LogP contribution in [0.2, 0.25) is 0 Å². The number of rotatable bonds is 6. The van der Waals surface area contributed by atoms with Crippen LogP contribution in [0.3, 0.4) is 0 Å². The number of carbonyl (C=O) groups is 1. The molecule has 1 saturated heterocycles. The zero-order valence-electron chi connectivity index (χ0n) is 12.0. The first-order valence-corrected chi connectivity index (χ1v) is 7.14. The normalized spacial score (nSPS) is 20.4. The monoisotopic (exact) mass is 256 g/mol. The Bertz CT molecular complexity index is 252. The second kappa shape index (κ2) is 7.74. The molecule has 4 heteroatoms. The molecule has 0 bridgehead atoms. The van der Waals surface area contributed by atoms with E-state index >= 15 is 0 Å². The maximum atomic E-state index is 12.1. The molecule has 0 saturated carbocycles. The molecule has 1 rings (SSSR count). The lowest BCUT2D eigenvalue weighted by Gasteiger charge is -2.27. The summed E-state index contributed by atoms with van der Waals surface area (Å²) in [5.41, 5.74) is 5.97. The van der Waals surface area contributed by atoms with Gasteiger partial charge in [0.05, 0.1) is 6.04 Å². The molecule has 1 aliphatic heterocycles. The van der Waals surface area contributed by atoms with Crippen LogP contribution < -0.4 is 5.73 Å². The van der Waals surface area contributed by atoms with Crippen LogP contribution in [-0.2, 0) is 9.53 Å². The highest BCUT2D eigenvalue weighted by atomic mass is 16.5. The van der Waals surface area contributed by atoms with Crippen molar-refractivity contribution < 1.29 is 9.53 Å². The third kappa shape index (κ3) is 4.58. The molecule has 0 radical (unpaired) electrons. The van der Waals surface area contributed by atoms with E-state index in [4.69, 9.17) is 10.5 Å². The highest BCUT2D eigenvalue weighted by Gasteiger charge is 2.23. The molecule has 1 heterocycles. The summed E-state index contributed by atoms with van der Waals surface area (Å²) in [5, 5.41) is 0. The lowest BCUT2D eigenvalue weighted by atomic mass is 9.95. The van der Waals surface area contributed by atoms with Gasteiger partial charge in [-0.05, 0) is 31.1 Å². The van der Waals surface area contributed by atoms with E-state index < -0.39 is 0 Å². The van der Waals surface area contributed by atoms with Gasteiger partial charge in [0.25, 0.3) is 0 Å². The first-order valence-electron chi connectivity index (χ1n) is 7.14. The summed E-state index contributed by atoms with van der Waals surface area (Å²) in [6, 6.07) is -0.352. The number of hydrogen-bond donors (Lipinski definition) is 1. The molecule has 18 heavy (non-hydrogen) atoms.